The summed E-state index contributed by atoms with van der Waals surface area (Å²) < 4.78 is 10.6. The lowest BCUT2D eigenvalue weighted by Crippen LogP contribution is -2.17. The number of hydrogen-bond donors (Lipinski definition) is 0. The number of methoxy groups -OCH3 is 2. The van der Waals surface area contributed by atoms with Gasteiger partial charge in [-0.05, 0) is 24.1 Å². The summed E-state index contributed by atoms with van der Waals surface area (Å²) in [7, 11) is 3.28. The molecule has 0 radical (unpaired) electrons. The molecule has 1 heterocycles. The number of nitrogens with zero attached hydrogens (tertiary/aromatic N) is 1. The van der Waals surface area contributed by atoms with E-state index in [1.165, 1.54) is 5.56 Å². The second-order valence-corrected chi connectivity index (χ2v) is 4.44. The van der Waals surface area contributed by atoms with Crippen LogP contribution in [-0.4, -0.2) is 25.4 Å². The molecule has 0 saturated carbocycles. The quantitative estimate of drug-likeness (QED) is 0.612. The second-order valence-electron chi connectivity index (χ2n) is 3.93. The van der Waals surface area contributed by atoms with Crippen molar-refractivity contribution in [3.8, 4) is 11.5 Å². The molecule has 1 unspecified atom stereocenters. The molecule has 3 nitrogen and oxygen atoms in total. The van der Waals surface area contributed by atoms with Crippen molar-refractivity contribution in [2.45, 2.75) is 25.3 Å². The van der Waals surface area contributed by atoms with Crippen molar-refractivity contribution >= 4 is 17.3 Å². The van der Waals surface area contributed by atoms with Gasteiger partial charge in [0.15, 0.2) is 11.5 Å². The van der Waals surface area contributed by atoms with Gasteiger partial charge in [-0.3, -0.25) is 4.99 Å². The van der Waals surface area contributed by atoms with E-state index in [2.05, 4.69) is 11.9 Å². The summed E-state index contributed by atoms with van der Waals surface area (Å²) in [6, 6.07) is 3.98. The van der Waals surface area contributed by atoms with Crippen molar-refractivity contribution in [3.05, 3.63) is 23.3 Å². The van der Waals surface area contributed by atoms with Gasteiger partial charge in [-0.2, -0.15) is 0 Å². The van der Waals surface area contributed by atoms with E-state index in [0.717, 1.165) is 35.6 Å². The minimum absolute atomic E-state index is 0.171. The minimum Gasteiger partial charge on any atom is -0.493 e. The molecule has 17 heavy (non-hydrogen) atoms. The fourth-order valence-electron chi connectivity index (χ4n) is 2.11. The van der Waals surface area contributed by atoms with E-state index in [1.807, 2.05) is 12.1 Å². The largest absolute Gasteiger partial charge is 0.493 e. The Morgan fingerprint density at radius 3 is 2.53 bits per heavy atom. The highest BCUT2D eigenvalue weighted by molar-refractivity contribution is 6.22. The molecule has 1 atom stereocenters. The van der Waals surface area contributed by atoms with Gasteiger partial charge in [0.05, 0.1) is 14.2 Å². The maximum atomic E-state index is 6.13. The summed E-state index contributed by atoms with van der Waals surface area (Å²) >= 11 is 6.13. The average Bonchev–Trinajstić information content (AvgIpc) is 2.35. The average molecular weight is 254 g/mol. The summed E-state index contributed by atoms with van der Waals surface area (Å²) in [5.41, 5.74) is 3.17. The molecule has 0 aromatic heterocycles. The van der Waals surface area contributed by atoms with Crippen LogP contribution >= 0.6 is 11.6 Å². The number of ether oxygens (including phenoxy) is 2. The first-order valence-electron chi connectivity index (χ1n) is 5.65. The van der Waals surface area contributed by atoms with Crippen molar-refractivity contribution < 1.29 is 9.47 Å². The lowest BCUT2D eigenvalue weighted by Gasteiger charge is -2.21. The first kappa shape index (κ1) is 12.2. The third-order valence-corrected chi connectivity index (χ3v) is 3.19. The zero-order valence-electron chi connectivity index (χ0n) is 10.3. The molecular weight excluding hydrogens is 238 g/mol. The monoisotopic (exact) mass is 253 g/mol. The number of hydrogen-bond acceptors (Lipinski definition) is 3. The maximum Gasteiger partial charge on any atom is 0.161 e. The zero-order valence-corrected chi connectivity index (χ0v) is 11.0. The Kier molecular flexibility index (Phi) is 3.57. The van der Waals surface area contributed by atoms with Gasteiger partial charge in [0.1, 0.15) is 5.50 Å². The van der Waals surface area contributed by atoms with Gasteiger partial charge in [-0.1, -0.05) is 18.5 Å². The van der Waals surface area contributed by atoms with Gasteiger partial charge in [0.25, 0.3) is 0 Å². The topological polar surface area (TPSA) is 30.8 Å². The Balaban J connectivity index is 2.54. The van der Waals surface area contributed by atoms with Gasteiger partial charge >= 0.3 is 0 Å². The molecular formula is C13H16ClNO2. The molecule has 4 heteroatoms. The van der Waals surface area contributed by atoms with Gasteiger partial charge in [-0.15, -0.1) is 0 Å². The predicted molar refractivity (Wildman–Crippen MR) is 69.7 cm³/mol. The summed E-state index contributed by atoms with van der Waals surface area (Å²) in [6.07, 6.45) is 1.60. The SMILES string of the molecule is CCC1=NC(Cl)Cc2cc(OC)c(OC)cc21. The first-order chi connectivity index (χ1) is 8.19. The summed E-state index contributed by atoms with van der Waals surface area (Å²) in [4.78, 5) is 4.46. The van der Waals surface area contributed by atoms with Gasteiger partial charge in [0.2, 0.25) is 0 Å². The van der Waals surface area contributed by atoms with Crippen LogP contribution < -0.4 is 9.47 Å². The highest BCUT2D eigenvalue weighted by Gasteiger charge is 2.21. The molecule has 2 rings (SSSR count). The Hall–Kier alpha value is -1.22. The summed E-state index contributed by atoms with van der Waals surface area (Å²) in [5, 5.41) is 0. The fraction of sp³-hybridized carbons (Fsp3) is 0.462. The lowest BCUT2D eigenvalue weighted by molar-refractivity contribution is 0.354. The van der Waals surface area contributed by atoms with Crippen molar-refractivity contribution in [1.82, 2.24) is 0 Å². The Bertz CT molecular complexity index is 457. The molecule has 0 amide bonds. The smallest absolute Gasteiger partial charge is 0.161 e. The number of rotatable bonds is 3. The Labute approximate surface area is 106 Å². The van der Waals surface area contributed by atoms with Gasteiger partial charge in [-0.25, -0.2) is 0 Å². The van der Waals surface area contributed by atoms with E-state index in [1.54, 1.807) is 14.2 Å². The van der Waals surface area contributed by atoms with Gasteiger partial charge in [0, 0.05) is 17.7 Å². The Morgan fingerprint density at radius 1 is 1.29 bits per heavy atom. The van der Waals surface area contributed by atoms with E-state index in [-0.39, 0.29) is 5.50 Å². The third-order valence-electron chi connectivity index (χ3n) is 2.94. The van der Waals surface area contributed by atoms with E-state index in [0.29, 0.717) is 0 Å². The van der Waals surface area contributed by atoms with E-state index in [9.17, 15) is 0 Å². The predicted octanol–water partition coefficient (Wildman–Crippen LogP) is 3.02. The van der Waals surface area contributed by atoms with Crippen molar-refractivity contribution in [2.75, 3.05) is 14.2 Å². The van der Waals surface area contributed by atoms with E-state index >= 15 is 0 Å². The van der Waals surface area contributed by atoms with E-state index in [4.69, 9.17) is 21.1 Å². The lowest BCUT2D eigenvalue weighted by atomic mass is 9.95. The molecule has 0 spiro atoms. The van der Waals surface area contributed by atoms with Crippen LogP contribution in [0.15, 0.2) is 17.1 Å². The molecule has 92 valence electrons. The number of alkyl halides is 1. The minimum atomic E-state index is -0.171. The van der Waals surface area contributed by atoms with Crippen LogP contribution in [0.1, 0.15) is 24.5 Å². The number of halogens is 1. The first-order valence-corrected chi connectivity index (χ1v) is 6.09. The summed E-state index contributed by atoms with van der Waals surface area (Å²) in [5.74, 6) is 1.48. The van der Waals surface area contributed by atoms with Crippen molar-refractivity contribution in [2.24, 2.45) is 4.99 Å². The Morgan fingerprint density at radius 2 is 1.94 bits per heavy atom. The molecule has 1 aliphatic heterocycles. The zero-order chi connectivity index (χ0) is 12.4. The van der Waals surface area contributed by atoms with Crippen LogP contribution in [0.5, 0.6) is 11.5 Å². The molecule has 1 aromatic carbocycles. The van der Waals surface area contributed by atoms with Crippen molar-refractivity contribution in [3.63, 3.8) is 0 Å². The number of benzene rings is 1. The summed E-state index contributed by atoms with van der Waals surface area (Å²) in [6.45, 7) is 2.08. The third kappa shape index (κ3) is 2.25. The molecule has 1 aromatic rings. The standard InChI is InChI=1S/C13H16ClNO2/c1-4-10-9-7-12(17-3)11(16-2)5-8(9)6-13(14)15-10/h5,7,13H,4,6H2,1-3H3. The van der Waals surface area contributed by atoms with Crippen LogP contribution in [-0.2, 0) is 6.42 Å². The molecule has 0 bridgehead atoms. The highest BCUT2D eigenvalue weighted by Crippen LogP contribution is 2.34. The van der Waals surface area contributed by atoms with Crippen molar-refractivity contribution in [1.29, 1.82) is 0 Å². The molecule has 0 fully saturated rings. The van der Waals surface area contributed by atoms with Crippen LogP contribution in [0.25, 0.3) is 0 Å². The number of fused-ring (bicyclic) bond motifs is 1. The second kappa shape index (κ2) is 4.96. The van der Waals surface area contributed by atoms with Crippen LogP contribution in [0, 0.1) is 0 Å². The fourth-order valence-corrected chi connectivity index (χ4v) is 2.39. The normalized spacial score (nSPS) is 18.4. The highest BCUT2D eigenvalue weighted by atomic mass is 35.5. The maximum absolute atomic E-state index is 6.13. The number of aliphatic imine (C=N–C) groups is 1. The van der Waals surface area contributed by atoms with E-state index < -0.39 is 0 Å². The van der Waals surface area contributed by atoms with Gasteiger partial charge < -0.3 is 9.47 Å². The molecule has 0 aliphatic carbocycles. The molecule has 0 saturated heterocycles. The van der Waals surface area contributed by atoms with Crippen LogP contribution in [0.4, 0.5) is 0 Å². The molecule has 1 aliphatic rings. The van der Waals surface area contributed by atoms with Crippen LogP contribution in [0.3, 0.4) is 0 Å². The molecule has 0 N–H and O–H groups in total. The van der Waals surface area contributed by atoms with Crippen LogP contribution in [0.2, 0.25) is 0 Å².